The van der Waals surface area contributed by atoms with Crippen LogP contribution in [0.3, 0.4) is 0 Å². The van der Waals surface area contributed by atoms with Gasteiger partial charge in [-0.1, -0.05) is 30.0 Å². The second-order valence-electron chi connectivity index (χ2n) is 3.95. The van der Waals surface area contributed by atoms with Gasteiger partial charge in [-0.15, -0.1) is 0 Å². The number of hydrogen-bond acceptors (Lipinski definition) is 5. The summed E-state index contributed by atoms with van der Waals surface area (Å²) < 4.78 is 3.86. The van der Waals surface area contributed by atoms with Crippen molar-refractivity contribution in [3.8, 4) is 0 Å². The second kappa shape index (κ2) is 8.76. The summed E-state index contributed by atoms with van der Waals surface area (Å²) in [6.07, 6.45) is 0. The molecule has 0 bridgehead atoms. The summed E-state index contributed by atoms with van der Waals surface area (Å²) in [4.78, 5) is 21.3. The molecule has 0 atom stereocenters. The van der Waals surface area contributed by atoms with E-state index in [0.717, 1.165) is 4.90 Å². The zero-order valence-electron chi connectivity index (χ0n) is 11.7. The number of hydrogen-bond donors (Lipinski definition) is 0. The molecule has 2 rings (SSSR count). The van der Waals surface area contributed by atoms with Crippen LogP contribution in [0.5, 0.6) is 0 Å². The Bertz CT molecular complexity index is 599. The van der Waals surface area contributed by atoms with Crippen LogP contribution in [-0.2, 0) is 9.53 Å². The Morgan fingerprint density at radius 1 is 1.14 bits per heavy atom. The van der Waals surface area contributed by atoms with Crippen LogP contribution in [0.4, 0.5) is 5.69 Å². The van der Waals surface area contributed by atoms with Crippen LogP contribution in [0.25, 0.3) is 0 Å². The molecule has 2 aromatic carbocycles. The molecule has 0 heterocycles. The van der Waals surface area contributed by atoms with E-state index in [1.807, 2.05) is 31.2 Å². The van der Waals surface area contributed by atoms with E-state index in [9.17, 15) is 10.1 Å². The number of carbonyl (C=O) groups is 1. The third-order valence-electron chi connectivity index (χ3n) is 2.47. The molecular weight excluding hydrogens is 290 g/mol. The van der Waals surface area contributed by atoms with E-state index in [0.29, 0.717) is 6.47 Å². The normalized spacial score (nSPS) is 9.24. The third kappa shape index (κ3) is 5.66. The van der Waals surface area contributed by atoms with Crippen LogP contribution in [-0.4, -0.2) is 18.5 Å². The van der Waals surface area contributed by atoms with Gasteiger partial charge in [0.1, 0.15) is 0 Å². The third-order valence-corrected chi connectivity index (χ3v) is 3.65. The SMILES string of the molecule is COC=O.Cc1ccccc1Sc1ccc([N+](=O)[O-])cc1. The topological polar surface area (TPSA) is 69.4 Å². The fourth-order valence-electron chi connectivity index (χ4n) is 1.43. The minimum absolute atomic E-state index is 0.124. The zero-order valence-corrected chi connectivity index (χ0v) is 12.5. The first kappa shape index (κ1) is 16.7. The monoisotopic (exact) mass is 305 g/mol. The van der Waals surface area contributed by atoms with E-state index in [-0.39, 0.29) is 10.6 Å². The van der Waals surface area contributed by atoms with E-state index in [1.165, 1.54) is 29.7 Å². The Morgan fingerprint density at radius 3 is 2.19 bits per heavy atom. The molecule has 21 heavy (non-hydrogen) atoms. The van der Waals surface area contributed by atoms with Crippen LogP contribution >= 0.6 is 11.8 Å². The van der Waals surface area contributed by atoms with Crippen LogP contribution in [0.1, 0.15) is 5.56 Å². The summed E-state index contributed by atoms with van der Waals surface area (Å²) in [6.45, 7) is 2.42. The first-order chi connectivity index (χ1) is 10.1. The molecule has 0 radical (unpaired) electrons. The number of methoxy groups -OCH3 is 1. The van der Waals surface area contributed by atoms with Crippen molar-refractivity contribution in [2.24, 2.45) is 0 Å². The first-order valence-electron chi connectivity index (χ1n) is 6.03. The molecule has 110 valence electrons. The Hall–Kier alpha value is -2.34. The predicted molar refractivity (Wildman–Crippen MR) is 81.5 cm³/mol. The minimum atomic E-state index is -0.387. The van der Waals surface area contributed by atoms with Crippen molar-refractivity contribution < 1.29 is 14.5 Å². The lowest BCUT2D eigenvalue weighted by Gasteiger charge is -2.04. The number of rotatable bonds is 4. The lowest BCUT2D eigenvalue weighted by atomic mass is 10.2. The lowest BCUT2D eigenvalue weighted by Crippen LogP contribution is -1.86. The van der Waals surface area contributed by atoms with E-state index in [1.54, 1.807) is 23.9 Å². The number of aryl methyl sites for hydroxylation is 1. The molecule has 6 heteroatoms. The van der Waals surface area contributed by atoms with Gasteiger partial charge in [0.15, 0.2) is 0 Å². The molecule has 0 fully saturated rings. The molecule has 0 saturated carbocycles. The molecule has 0 spiro atoms. The number of ether oxygens (including phenoxy) is 1. The Labute approximate surface area is 127 Å². The average molecular weight is 305 g/mol. The van der Waals surface area contributed by atoms with Crippen molar-refractivity contribution in [1.82, 2.24) is 0 Å². The molecule has 0 aliphatic rings. The number of nitro benzene ring substituents is 1. The Kier molecular flexibility index (Phi) is 6.97. The van der Waals surface area contributed by atoms with Crippen molar-refractivity contribution in [2.75, 3.05) is 7.11 Å². The van der Waals surface area contributed by atoms with E-state index in [4.69, 9.17) is 4.79 Å². The van der Waals surface area contributed by atoms with Crippen LogP contribution in [0.15, 0.2) is 58.3 Å². The Balaban J connectivity index is 0.000000491. The highest BCUT2D eigenvalue weighted by atomic mass is 32.2. The summed E-state index contributed by atoms with van der Waals surface area (Å²) in [5, 5.41) is 10.5. The fraction of sp³-hybridized carbons (Fsp3) is 0.133. The first-order valence-corrected chi connectivity index (χ1v) is 6.84. The molecule has 0 amide bonds. The molecule has 0 aliphatic heterocycles. The molecular formula is C15H15NO4S. The van der Waals surface area contributed by atoms with E-state index >= 15 is 0 Å². The van der Waals surface area contributed by atoms with Gasteiger partial charge in [0.05, 0.1) is 12.0 Å². The molecule has 0 N–H and O–H groups in total. The van der Waals surface area contributed by atoms with Crippen molar-refractivity contribution in [1.29, 1.82) is 0 Å². The van der Waals surface area contributed by atoms with Gasteiger partial charge in [0, 0.05) is 21.9 Å². The molecule has 0 saturated heterocycles. The van der Waals surface area contributed by atoms with Crippen LogP contribution < -0.4 is 0 Å². The summed E-state index contributed by atoms with van der Waals surface area (Å²) in [6, 6.07) is 14.7. The largest absolute Gasteiger partial charge is 0.471 e. The highest BCUT2D eigenvalue weighted by Gasteiger charge is 2.05. The molecule has 0 aromatic heterocycles. The van der Waals surface area contributed by atoms with Crippen LogP contribution in [0, 0.1) is 17.0 Å². The van der Waals surface area contributed by atoms with Crippen LogP contribution in [0.2, 0.25) is 0 Å². The maximum atomic E-state index is 10.5. The highest BCUT2D eigenvalue weighted by molar-refractivity contribution is 7.99. The minimum Gasteiger partial charge on any atom is -0.471 e. The quantitative estimate of drug-likeness (QED) is 0.487. The number of non-ortho nitro benzene ring substituents is 1. The fourth-order valence-corrected chi connectivity index (χ4v) is 2.34. The Morgan fingerprint density at radius 2 is 1.71 bits per heavy atom. The molecule has 0 unspecified atom stereocenters. The van der Waals surface area contributed by atoms with E-state index in [2.05, 4.69) is 4.74 Å². The highest BCUT2D eigenvalue weighted by Crippen LogP contribution is 2.30. The maximum absolute atomic E-state index is 10.5. The van der Waals surface area contributed by atoms with Gasteiger partial charge in [0.25, 0.3) is 12.2 Å². The van der Waals surface area contributed by atoms with Crippen molar-refractivity contribution >= 4 is 23.9 Å². The number of nitrogens with zero attached hydrogens (tertiary/aromatic N) is 1. The molecule has 2 aromatic rings. The van der Waals surface area contributed by atoms with Gasteiger partial charge < -0.3 is 4.74 Å². The second-order valence-corrected chi connectivity index (χ2v) is 5.07. The maximum Gasteiger partial charge on any atom is 0.292 e. The van der Waals surface area contributed by atoms with E-state index < -0.39 is 0 Å². The standard InChI is InChI=1S/C13H11NO2S.C2H4O2/c1-10-4-2-3-5-13(10)17-12-8-6-11(7-9-12)14(15)16;1-4-2-3/h2-9H,1H3;2H,1H3. The van der Waals surface area contributed by atoms with Crippen molar-refractivity contribution in [2.45, 2.75) is 16.7 Å². The van der Waals surface area contributed by atoms with Crippen molar-refractivity contribution in [3.63, 3.8) is 0 Å². The number of carbonyl (C=O) groups excluding carboxylic acids is 1. The summed E-state index contributed by atoms with van der Waals surface area (Å²) >= 11 is 1.61. The van der Waals surface area contributed by atoms with Gasteiger partial charge in [-0.25, -0.2) is 0 Å². The average Bonchev–Trinajstić information content (AvgIpc) is 2.50. The molecule has 5 nitrogen and oxygen atoms in total. The lowest BCUT2D eigenvalue weighted by molar-refractivity contribution is -0.384. The smallest absolute Gasteiger partial charge is 0.292 e. The van der Waals surface area contributed by atoms with Gasteiger partial charge in [0.2, 0.25) is 0 Å². The van der Waals surface area contributed by atoms with Gasteiger partial charge in [-0.05, 0) is 30.7 Å². The summed E-state index contributed by atoms with van der Waals surface area (Å²) in [5.74, 6) is 0. The summed E-state index contributed by atoms with van der Waals surface area (Å²) in [5.41, 5.74) is 1.33. The van der Waals surface area contributed by atoms with Gasteiger partial charge in [-0.3, -0.25) is 14.9 Å². The summed E-state index contributed by atoms with van der Waals surface area (Å²) in [7, 11) is 1.31. The van der Waals surface area contributed by atoms with Gasteiger partial charge >= 0.3 is 0 Å². The predicted octanol–water partition coefficient (Wildman–Crippen LogP) is 3.84. The van der Waals surface area contributed by atoms with Gasteiger partial charge in [-0.2, -0.15) is 0 Å². The molecule has 0 aliphatic carbocycles. The zero-order chi connectivity index (χ0) is 15.7. The number of benzene rings is 2. The number of nitro groups is 1. The van der Waals surface area contributed by atoms with Crippen molar-refractivity contribution in [3.05, 3.63) is 64.2 Å².